The maximum atomic E-state index is 11.1. The van der Waals surface area contributed by atoms with Crippen LogP contribution < -0.4 is 11.1 Å². The van der Waals surface area contributed by atoms with Crippen molar-refractivity contribution in [2.24, 2.45) is 5.73 Å². The van der Waals surface area contributed by atoms with Gasteiger partial charge in [-0.3, -0.25) is 14.9 Å². The number of nitro groups is 1. The molecule has 19 heavy (non-hydrogen) atoms. The van der Waals surface area contributed by atoms with E-state index in [0.29, 0.717) is 11.1 Å². The number of non-ortho nitro benzene ring substituents is 1. The van der Waals surface area contributed by atoms with Gasteiger partial charge >= 0.3 is 0 Å². The standard InChI is InChI=1S/C12H12N4O3/c1-7(12(13)17)15-9-5-6-14-11-8(9)3-2-4-10(11)16(18)19/h2-7H,1H3,(H2,13,17)(H,14,15). The number of benzene rings is 1. The minimum atomic E-state index is -0.579. The molecule has 98 valence electrons. The summed E-state index contributed by atoms with van der Waals surface area (Å²) in [7, 11) is 0. The number of nitrogens with one attached hydrogen (secondary N) is 1. The predicted molar refractivity (Wildman–Crippen MR) is 70.7 cm³/mol. The first-order valence-electron chi connectivity index (χ1n) is 5.58. The van der Waals surface area contributed by atoms with E-state index in [0.717, 1.165) is 0 Å². The van der Waals surface area contributed by atoms with Crippen LogP contribution in [0.2, 0.25) is 0 Å². The molecule has 2 aromatic rings. The molecule has 2 rings (SSSR count). The van der Waals surface area contributed by atoms with Crippen molar-refractivity contribution in [2.45, 2.75) is 13.0 Å². The highest BCUT2D eigenvalue weighted by molar-refractivity contribution is 5.97. The molecule has 0 radical (unpaired) electrons. The van der Waals surface area contributed by atoms with Gasteiger partial charge in [-0.05, 0) is 13.0 Å². The lowest BCUT2D eigenvalue weighted by Gasteiger charge is -2.13. The van der Waals surface area contributed by atoms with E-state index in [-0.39, 0.29) is 11.2 Å². The summed E-state index contributed by atoms with van der Waals surface area (Å²) in [4.78, 5) is 25.5. The van der Waals surface area contributed by atoms with Crippen LogP contribution >= 0.6 is 0 Å². The predicted octanol–water partition coefficient (Wildman–Crippen LogP) is 1.43. The molecule has 3 N–H and O–H groups in total. The van der Waals surface area contributed by atoms with E-state index in [9.17, 15) is 14.9 Å². The number of rotatable bonds is 4. The van der Waals surface area contributed by atoms with Gasteiger partial charge in [0.1, 0.15) is 11.6 Å². The van der Waals surface area contributed by atoms with Crippen molar-refractivity contribution in [3.05, 3.63) is 40.6 Å². The number of nitro benzene ring substituents is 1. The number of para-hydroxylation sites is 1. The van der Waals surface area contributed by atoms with Gasteiger partial charge in [0.15, 0.2) is 0 Å². The monoisotopic (exact) mass is 260 g/mol. The number of hydrogen-bond acceptors (Lipinski definition) is 5. The first kappa shape index (κ1) is 12.7. The zero-order valence-electron chi connectivity index (χ0n) is 10.2. The van der Waals surface area contributed by atoms with E-state index in [4.69, 9.17) is 5.73 Å². The van der Waals surface area contributed by atoms with Gasteiger partial charge < -0.3 is 11.1 Å². The van der Waals surface area contributed by atoms with E-state index in [2.05, 4.69) is 10.3 Å². The Kier molecular flexibility index (Phi) is 3.28. The second kappa shape index (κ2) is 4.89. The maximum absolute atomic E-state index is 11.1. The molecular formula is C12H12N4O3. The van der Waals surface area contributed by atoms with Crippen LogP contribution in [0.15, 0.2) is 30.5 Å². The normalized spacial score (nSPS) is 12.1. The molecule has 7 heteroatoms. The second-order valence-corrected chi connectivity index (χ2v) is 4.06. The molecule has 0 fully saturated rings. The summed E-state index contributed by atoms with van der Waals surface area (Å²) in [6.45, 7) is 1.62. The zero-order chi connectivity index (χ0) is 14.0. The molecular weight excluding hydrogens is 248 g/mol. The number of carbonyl (C=O) groups is 1. The number of carbonyl (C=O) groups excluding carboxylic acids is 1. The molecule has 1 amide bonds. The van der Waals surface area contributed by atoms with Crippen LogP contribution in [0, 0.1) is 10.1 Å². The second-order valence-electron chi connectivity index (χ2n) is 4.06. The average molecular weight is 260 g/mol. The van der Waals surface area contributed by atoms with Crippen LogP contribution in [-0.2, 0) is 4.79 Å². The van der Waals surface area contributed by atoms with Crippen LogP contribution in [0.3, 0.4) is 0 Å². The summed E-state index contributed by atoms with van der Waals surface area (Å²) >= 11 is 0. The molecule has 0 aliphatic heterocycles. The van der Waals surface area contributed by atoms with Crippen LogP contribution in [-0.4, -0.2) is 21.9 Å². The third-order valence-electron chi connectivity index (χ3n) is 2.75. The number of aromatic nitrogens is 1. The molecule has 1 aromatic carbocycles. The number of nitrogens with two attached hydrogens (primary N) is 1. The summed E-state index contributed by atoms with van der Waals surface area (Å²) in [6, 6.07) is 5.72. The first-order valence-corrected chi connectivity index (χ1v) is 5.58. The quantitative estimate of drug-likeness (QED) is 0.638. The smallest absolute Gasteiger partial charge is 0.295 e. The van der Waals surface area contributed by atoms with Crippen molar-refractivity contribution < 1.29 is 9.72 Å². The molecule has 0 bridgehead atoms. The van der Waals surface area contributed by atoms with Crippen molar-refractivity contribution in [1.29, 1.82) is 0 Å². The van der Waals surface area contributed by atoms with Crippen LogP contribution in [0.5, 0.6) is 0 Å². The molecule has 0 saturated heterocycles. The van der Waals surface area contributed by atoms with E-state index in [1.54, 1.807) is 25.1 Å². The largest absolute Gasteiger partial charge is 0.373 e. The molecule has 0 aliphatic rings. The summed E-state index contributed by atoms with van der Waals surface area (Å²) in [5.41, 5.74) is 5.96. The molecule has 0 saturated carbocycles. The molecule has 0 spiro atoms. The van der Waals surface area contributed by atoms with Crippen LogP contribution in [0.1, 0.15) is 6.92 Å². The molecule has 1 unspecified atom stereocenters. The number of hydrogen-bond donors (Lipinski definition) is 2. The van der Waals surface area contributed by atoms with E-state index in [1.165, 1.54) is 12.3 Å². The third-order valence-corrected chi connectivity index (χ3v) is 2.75. The van der Waals surface area contributed by atoms with Crippen LogP contribution in [0.4, 0.5) is 11.4 Å². The summed E-state index contributed by atoms with van der Waals surface area (Å²) in [5, 5.41) is 14.4. The minimum Gasteiger partial charge on any atom is -0.373 e. The SMILES string of the molecule is CC(Nc1ccnc2c([N+](=O)[O-])cccc12)C(N)=O. The third kappa shape index (κ3) is 2.44. The van der Waals surface area contributed by atoms with Crippen LogP contribution in [0.25, 0.3) is 10.9 Å². The van der Waals surface area contributed by atoms with Gasteiger partial charge in [-0.2, -0.15) is 0 Å². The van der Waals surface area contributed by atoms with Gasteiger partial charge in [-0.1, -0.05) is 12.1 Å². The molecule has 1 atom stereocenters. The van der Waals surface area contributed by atoms with Crippen molar-refractivity contribution in [3.8, 4) is 0 Å². The lowest BCUT2D eigenvalue weighted by atomic mass is 10.1. The first-order chi connectivity index (χ1) is 9.00. The van der Waals surface area contributed by atoms with Crippen molar-refractivity contribution in [2.75, 3.05) is 5.32 Å². The van der Waals surface area contributed by atoms with E-state index >= 15 is 0 Å². The van der Waals surface area contributed by atoms with Gasteiger partial charge in [0.25, 0.3) is 5.69 Å². The summed E-state index contributed by atoms with van der Waals surface area (Å²) < 4.78 is 0. The summed E-state index contributed by atoms with van der Waals surface area (Å²) in [6.07, 6.45) is 1.45. The fraction of sp³-hybridized carbons (Fsp3) is 0.167. The Hall–Kier alpha value is -2.70. The number of amides is 1. The summed E-state index contributed by atoms with van der Waals surface area (Å²) in [5.74, 6) is -0.504. The van der Waals surface area contributed by atoms with Gasteiger partial charge in [0.2, 0.25) is 5.91 Å². The van der Waals surface area contributed by atoms with E-state index < -0.39 is 16.9 Å². The lowest BCUT2D eigenvalue weighted by Crippen LogP contribution is -2.32. The van der Waals surface area contributed by atoms with Crippen molar-refractivity contribution in [3.63, 3.8) is 0 Å². The zero-order valence-corrected chi connectivity index (χ0v) is 10.2. The Labute approximate surface area is 108 Å². The maximum Gasteiger partial charge on any atom is 0.295 e. The van der Waals surface area contributed by atoms with Crippen molar-refractivity contribution >= 4 is 28.2 Å². The molecule has 7 nitrogen and oxygen atoms in total. The molecule has 1 heterocycles. The Balaban J connectivity index is 2.55. The van der Waals surface area contributed by atoms with E-state index in [1.807, 2.05) is 0 Å². The molecule has 1 aromatic heterocycles. The number of nitrogens with zero attached hydrogens (tertiary/aromatic N) is 2. The van der Waals surface area contributed by atoms with Gasteiger partial charge in [-0.25, -0.2) is 4.98 Å². The van der Waals surface area contributed by atoms with Gasteiger partial charge in [0.05, 0.1) is 4.92 Å². The number of anilines is 1. The number of fused-ring (bicyclic) bond motifs is 1. The number of pyridine rings is 1. The van der Waals surface area contributed by atoms with Gasteiger partial charge in [-0.15, -0.1) is 0 Å². The molecule has 0 aliphatic carbocycles. The fourth-order valence-electron chi connectivity index (χ4n) is 1.74. The number of primary amides is 1. The van der Waals surface area contributed by atoms with Crippen molar-refractivity contribution in [1.82, 2.24) is 4.98 Å². The highest BCUT2D eigenvalue weighted by atomic mass is 16.6. The Morgan fingerprint density at radius 1 is 1.47 bits per heavy atom. The lowest BCUT2D eigenvalue weighted by molar-refractivity contribution is -0.383. The minimum absolute atomic E-state index is 0.0760. The Morgan fingerprint density at radius 3 is 2.84 bits per heavy atom. The average Bonchev–Trinajstić information content (AvgIpc) is 2.38. The Morgan fingerprint density at radius 2 is 2.21 bits per heavy atom. The topological polar surface area (TPSA) is 111 Å². The van der Waals surface area contributed by atoms with Gasteiger partial charge in [0, 0.05) is 23.3 Å². The highest BCUT2D eigenvalue weighted by Gasteiger charge is 2.16. The Bertz CT molecular complexity index is 656. The fourth-order valence-corrected chi connectivity index (χ4v) is 1.74. The highest BCUT2D eigenvalue weighted by Crippen LogP contribution is 2.28.